The Balaban J connectivity index is 1.63. The van der Waals surface area contributed by atoms with Gasteiger partial charge in [-0.1, -0.05) is 0 Å². The van der Waals surface area contributed by atoms with Crippen LogP contribution in [0.3, 0.4) is 0 Å². The normalized spacial score (nSPS) is 13.8. The molecule has 1 aliphatic rings. The van der Waals surface area contributed by atoms with Crippen molar-refractivity contribution in [2.75, 3.05) is 16.1 Å². The fourth-order valence-electron chi connectivity index (χ4n) is 2.17. The van der Waals surface area contributed by atoms with Crippen LogP contribution in [0.2, 0.25) is 0 Å². The molecule has 0 saturated heterocycles. The molecule has 2 aromatic rings. The van der Waals surface area contributed by atoms with E-state index >= 15 is 0 Å². The van der Waals surface area contributed by atoms with Crippen molar-refractivity contribution in [3.63, 3.8) is 0 Å². The summed E-state index contributed by atoms with van der Waals surface area (Å²) in [5, 5.41) is 13.8. The van der Waals surface area contributed by atoms with Crippen molar-refractivity contribution in [1.29, 1.82) is 0 Å². The van der Waals surface area contributed by atoms with Gasteiger partial charge in [0, 0.05) is 17.7 Å². The number of nitrogens with zero attached hydrogens (tertiary/aromatic N) is 2. The number of hydrogen-bond acceptors (Lipinski definition) is 6. The summed E-state index contributed by atoms with van der Waals surface area (Å²) in [4.78, 5) is 20.1. The Hall–Kier alpha value is -3.08. The van der Waals surface area contributed by atoms with Gasteiger partial charge in [0.05, 0.1) is 5.69 Å². The number of carbonyl (C=O) groups excluding carboxylic acids is 1. The lowest BCUT2D eigenvalue weighted by Gasteiger charge is -2.11. The van der Waals surface area contributed by atoms with Crippen LogP contribution in [-0.4, -0.2) is 27.6 Å². The van der Waals surface area contributed by atoms with Gasteiger partial charge in [-0.2, -0.15) is 4.98 Å². The van der Waals surface area contributed by atoms with E-state index in [9.17, 15) is 18.0 Å². The quantitative estimate of drug-likeness (QED) is 0.599. The maximum atomic E-state index is 12.1. The summed E-state index contributed by atoms with van der Waals surface area (Å²) in [6, 6.07) is 5.54. The predicted octanol–water partition coefficient (Wildman–Crippen LogP) is 3.70. The number of hydrogen-bond donors (Lipinski definition) is 4. The minimum atomic E-state index is -4.78. The molecule has 3 rings (SSSR count). The van der Waals surface area contributed by atoms with Crippen molar-refractivity contribution in [1.82, 2.24) is 9.97 Å². The predicted molar refractivity (Wildman–Crippen MR) is 85.2 cm³/mol. The van der Waals surface area contributed by atoms with Crippen molar-refractivity contribution < 1.29 is 27.9 Å². The van der Waals surface area contributed by atoms with Crippen LogP contribution >= 0.6 is 0 Å². The van der Waals surface area contributed by atoms with Gasteiger partial charge in [0.1, 0.15) is 5.75 Å². The van der Waals surface area contributed by atoms with Crippen molar-refractivity contribution in [2.24, 2.45) is 0 Å². The molecular formula is C15H14F3N5O3. The Bertz CT molecular complexity index is 794. The number of ether oxygens (including phenoxy) is 1. The van der Waals surface area contributed by atoms with E-state index in [4.69, 9.17) is 5.21 Å². The molecule has 1 saturated carbocycles. The zero-order chi connectivity index (χ0) is 18.7. The molecule has 0 bridgehead atoms. The van der Waals surface area contributed by atoms with Crippen molar-refractivity contribution in [2.45, 2.75) is 25.1 Å². The molecule has 0 atom stereocenters. The zero-order valence-corrected chi connectivity index (χ0v) is 13.2. The Morgan fingerprint density at radius 3 is 2.42 bits per heavy atom. The SMILES string of the molecule is O=C(Nc1ccc(OC(F)(F)F)cc1)Nc1nc(NO)cc(C2CC2)n1. The fourth-order valence-corrected chi connectivity index (χ4v) is 2.17. The highest BCUT2D eigenvalue weighted by Crippen LogP contribution is 2.39. The Morgan fingerprint density at radius 1 is 1.15 bits per heavy atom. The Morgan fingerprint density at radius 2 is 1.85 bits per heavy atom. The van der Waals surface area contributed by atoms with E-state index in [1.807, 2.05) is 5.48 Å². The highest BCUT2D eigenvalue weighted by molar-refractivity contribution is 5.98. The summed E-state index contributed by atoms with van der Waals surface area (Å²) < 4.78 is 40.1. The van der Waals surface area contributed by atoms with E-state index in [-0.39, 0.29) is 23.4 Å². The van der Waals surface area contributed by atoms with Crippen LogP contribution in [0.4, 0.5) is 35.4 Å². The number of nitrogens with one attached hydrogen (secondary N) is 3. The zero-order valence-electron chi connectivity index (χ0n) is 13.2. The second kappa shape index (κ2) is 7.04. The van der Waals surface area contributed by atoms with Gasteiger partial charge < -0.3 is 10.1 Å². The van der Waals surface area contributed by atoms with Gasteiger partial charge in [0.25, 0.3) is 0 Å². The lowest BCUT2D eigenvalue weighted by atomic mass is 10.3. The fraction of sp³-hybridized carbons (Fsp3) is 0.267. The lowest BCUT2D eigenvalue weighted by Crippen LogP contribution is -2.21. The van der Waals surface area contributed by atoms with E-state index in [0.717, 1.165) is 25.0 Å². The molecule has 26 heavy (non-hydrogen) atoms. The molecule has 0 aliphatic heterocycles. The number of rotatable bonds is 5. The number of benzene rings is 1. The molecule has 1 fully saturated rings. The largest absolute Gasteiger partial charge is 0.573 e. The average molecular weight is 369 g/mol. The standard InChI is InChI=1S/C15H14F3N5O3/c16-15(17,18)26-10-5-3-9(4-6-10)19-14(24)22-13-20-11(8-1-2-8)7-12(21-13)23-25/h3-8,25H,1-2H2,(H3,19,20,21,22,23,24). The molecule has 2 amide bonds. The Labute approximate surface area is 145 Å². The molecule has 1 aromatic carbocycles. The molecule has 1 heterocycles. The first kappa shape index (κ1) is 17.7. The number of alkyl halides is 3. The summed E-state index contributed by atoms with van der Waals surface area (Å²) in [6.07, 6.45) is -2.84. The van der Waals surface area contributed by atoms with Crippen LogP contribution in [0.5, 0.6) is 5.75 Å². The van der Waals surface area contributed by atoms with Gasteiger partial charge in [-0.15, -0.1) is 13.2 Å². The number of amides is 2. The topological polar surface area (TPSA) is 108 Å². The van der Waals surface area contributed by atoms with Crippen LogP contribution in [0.15, 0.2) is 30.3 Å². The first-order valence-electron chi connectivity index (χ1n) is 7.55. The summed E-state index contributed by atoms with van der Waals surface area (Å²) in [7, 11) is 0. The van der Waals surface area contributed by atoms with Crippen LogP contribution < -0.4 is 20.9 Å². The van der Waals surface area contributed by atoms with Crippen LogP contribution in [0.25, 0.3) is 0 Å². The molecule has 1 aliphatic carbocycles. The lowest BCUT2D eigenvalue weighted by molar-refractivity contribution is -0.274. The minimum absolute atomic E-state index is 0.0134. The molecule has 0 spiro atoms. The second-order valence-corrected chi connectivity index (χ2v) is 5.54. The molecule has 138 valence electrons. The van der Waals surface area contributed by atoms with Crippen LogP contribution in [0.1, 0.15) is 24.5 Å². The monoisotopic (exact) mass is 369 g/mol. The third-order valence-electron chi connectivity index (χ3n) is 3.43. The smallest absolute Gasteiger partial charge is 0.406 e. The summed E-state index contributed by atoms with van der Waals surface area (Å²) >= 11 is 0. The van der Waals surface area contributed by atoms with Crippen molar-refractivity contribution in [3.8, 4) is 5.75 Å². The number of aromatic nitrogens is 2. The molecule has 1 aromatic heterocycles. The first-order valence-corrected chi connectivity index (χ1v) is 7.55. The average Bonchev–Trinajstić information content (AvgIpc) is 3.40. The van der Waals surface area contributed by atoms with Crippen LogP contribution in [0, 0.1) is 0 Å². The van der Waals surface area contributed by atoms with E-state index in [1.165, 1.54) is 12.1 Å². The van der Waals surface area contributed by atoms with Gasteiger partial charge in [-0.25, -0.2) is 9.78 Å². The maximum Gasteiger partial charge on any atom is 0.573 e. The molecule has 11 heteroatoms. The highest BCUT2D eigenvalue weighted by atomic mass is 19.4. The Kier molecular flexibility index (Phi) is 4.80. The van der Waals surface area contributed by atoms with E-state index < -0.39 is 18.1 Å². The number of carbonyl (C=O) groups is 1. The second-order valence-electron chi connectivity index (χ2n) is 5.54. The summed E-state index contributed by atoms with van der Waals surface area (Å²) in [6.45, 7) is 0. The van der Waals surface area contributed by atoms with E-state index in [2.05, 4.69) is 25.3 Å². The van der Waals surface area contributed by atoms with Gasteiger partial charge in [-0.3, -0.25) is 16.0 Å². The molecule has 0 radical (unpaired) electrons. The van der Waals surface area contributed by atoms with Crippen molar-refractivity contribution in [3.05, 3.63) is 36.0 Å². The highest BCUT2D eigenvalue weighted by Gasteiger charge is 2.31. The molecule has 0 unspecified atom stereocenters. The third kappa shape index (κ3) is 4.96. The number of anilines is 3. The number of urea groups is 1. The maximum absolute atomic E-state index is 12.1. The van der Waals surface area contributed by atoms with Gasteiger partial charge in [0.2, 0.25) is 5.95 Å². The molecule has 8 nitrogen and oxygen atoms in total. The van der Waals surface area contributed by atoms with Crippen LogP contribution in [-0.2, 0) is 0 Å². The molecular weight excluding hydrogens is 355 g/mol. The van der Waals surface area contributed by atoms with E-state index in [1.54, 1.807) is 6.07 Å². The minimum Gasteiger partial charge on any atom is -0.406 e. The molecule has 4 N–H and O–H groups in total. The van der Waals surface area contributed by atoms with Gasteiger partial charge in [0.15, 0.2) is 5.82 Å². The summed E-state index contributed by atoms with van der Waals surface area (Å²) in [5.74, 6) is 0.00352. The number of halogens is 3. The first-order chi connectivity index (χ1) is 12.3. The summed E-state index contributed by atoms with van der Waals surface area (Å²) in [5.41, 5.74) is 2.85. The third-order valence-corrected chi connectivity index (χ3v) is 3.43. The van der Waals surface area contributed by atoms with Gasteiger partial charge >= 0.3 is 12.4 Å². The van der Waals surface area contributed by atoms with Crippen molar-refractivity contribution >= 4 is 23.5 Å². The van der Waals surface area contributed by atoms with E-state index in [0.29, 0.717) is 5.69 Å². The van der Waals surface area contributed by atoms with Gasteiger partial charge in [-0.05, 0) is 37.1 Å².